The fraction of sp³-hybridized carbons (Fsp3) is 0.400. The number of benzene rings is 1. The second-order valence-electron chi connectivity index (χ2n) is 4.79. The second-order valence-corrected chi connectivity index (χ2v) is 4.79. The van der Waals surface area contributed by atoms with Gasteiger partial charge < -0.3 is 9.47 Å². The van der Waals surface area contributed by atoms with Crippen molar-refractivity contribution in [2.75, 3.05) is 19.9 Å². The number of ether oxygens (including phenoxy) is 2. The minimum atomic E-state index is 0.325. The Morgan fingerprint density at radius 3 is 3.05 bits per heavy atom. The summed E-state index contributed by atoms with van der Waals surface area (Å²) in [7, 11) is 0. The van der Waals surface area contributed by atoms with Gasteiger partial charge in [0.05, 0.1) is 6.54 Å². The van der Waals surface area contributed by atoms with Gasteiger partial charge in [0.2, 0.25) is 6.79 Å². The van der Waals surface area contributed by atoms with Crippen LogP contribution >= 0.6 is 0 Å². The van der Waals surface area contributed by atoms with Crippen molar-refractivity contribution in [2.45, 2.75) is 20.0 Å². The standard InChI is InChI=1S/C15H19N3O2/c1-2-17(9-10-18-8-4-7-16-18)11-13-5-3-6-14-15(13)20-12-19-14/h3-8H,2,9-12H2,1H3. The highest BCUT2D eigenvalue weighted by molar-refractivity contribution is 5.48. The molecule has 5 nitrogen and oxygen atoms in total. The average molecular weight is 273 g/mol. The first-order valence-corrected chi connectivity index (χ1v) is 6.94. The molecule has 0 N–H and O–H groups in total. The molecule has 0 amide bonds. The number of aromatic nitrogens is 2. The van der Waals surface area contributed by atoms with Crippen molar-refractivity contribution in [3.05, 3.63) is 42.2 Å². The van der Waals surface area contributed by atoms with E-state index >= 15 is 0 Å². The maximum atomic E-state index is 5.56. The Morgan fingerprint density at radius 1 is 1.30 bits per heavy atom. The maximum absolute atomic E-state index is 5.56. The predicted molar refractivity (Wildman–Crippen MR) is 75.7 cm³/mol. The number of likely N-dealkylation sites (N-methyl/N-ethyl adjacent to an activating group) is 1. The normalized spacial score (nSPS) is 13.1. The van der Waals surface area contributed by atoms with Gasteiger partial charge in [-0.25, -0.2) is 0 Å². The Morgan fingerprint density at radius 2 is 2.25 bits per heavy atom. The van der Waals surface area contributed by atoms with E-state index in [1.165, 1.54) is 5.56 Å². The Hall–Kier alpha value is -2.01. The molecule has 0 fully saturated rings. The minimum Gasteiger partial charge on any atom is -0.454 e. The van der Waals surface area contributed by atoms with E-state index < -0.39 is 0 Å². The summed E-state index contributed by atoms with van der Waals surface area (Å²) in [5.74, 6) is 1.75. The van der Waals surface area contributed by atoms with Crippen LogP contribution in [0.15, 0.2) is 36.7 Å². The van der Waals surface area contributed by atoms with Gasteiger partial charge in [0, 0.05) is 31.0 Å². The number of hydrogen-bond acceptors (Lipinski definition) is 4. The highest BCUT2D eigenvalue weighted by Gasteiger charge is 2.18. The van der Waals surface area contributed by atoms with Crippen LogP contribution in [0.5, 0.6) is 11.5 Å². The van der Waals surface area contributed by atoms with Crippen LogP contribution in [0, 0.1) is 0 Å². The molecule has 3 rings (SSSR count). The van der Waals surface area contributed by atoms with E-state index in [1.807, 2.05) is 35.3 Å². The molecule has 20 heavy (non-hydrogen) atoms. The third kappa shape index (κ3) is 2.77. The molecule has 2 heterocycles. The lowest BCUT2D eigenvalue weighted by atomic mass is 10.1. The molecule has 1 aromatic heterocycles. The zero-order valence-corrected chi connectivity index (χ0v) is 11.7. The van der Waals surface area contributed by atoms with Gasteiger partial charge in [-0.1, -0.05) is 19.1 Å². The van der Waals surface area contributed by atoms with Crippen molar-refractivity contribution in [1.29, 1.82) is 0 Å². The average Bonchev–Trinajstić information content (AvgIpc) is 3.14. The van der Waals surface area contributed by atoms with E-state index in [4.69, 9.17) is 9.47 Å². The first kappa shape index (κ1) is 13.0. The van der Waals surface area contributed by atoms with E-state index in [9.17, 15) is 0 Å². The van der Waals surface area contributed by atoms with Gasteiger partial charge in [-0.3, -0.25) is 9.58 Å². The summed E-state index contributed by atoms with van der Waals surface area (Å²) in [5.41, 5.74) is 1.18. The molecule has 0 atom stereocenters. The Bertz CT molecular complexity index is 554. The molecule has 2 aromatic rings. The highest BCUT2D eigenvalue weighted by atomic mass is 16.7. The molecule has 106 valence electrons. The van der Waals surface area contributed by atoms with E-state index in [2.05, 4.69) is 23.0 Å². The largest absolute Gasteiger partial charge is 0.454 e. The van der Waals surface area contributed by atoms with Crippen LogP contribution in [-0.4, -0.2) is 34.6 Å². The third-order valence-electron chi connectivity index (χ3n) is 3.52. The third-order valence-corrected chi connectivity index (χ3v) is 3.52. The van der Waals surface area contributed by atoms with Gasteiger partial charge in [0.1, 0.15) is 0 Å². The monoisotopic (exact) mass is 273 g/mol. The van der Waals surface area contributed by atoms with E-state index in [1.54, 1.807) is 0 Å². The molecule has 0 bridgehead atoms. The zero-order valence-electron chi connectivity index (χ0n) is 11.7. The highest BCUT2D eigenvalue weighted by Crippen LogP contribution is 2.35. The summed E-state index contributed by atoms with van der Waals surface area (Å²) in [6.45, 7) is 6.21. The van der Waals surface area contributed by atoms with E-state index in [-0.39, 0.29) is 0 Å². The van der Waals surface area contributed by atoms with Crippen molar-refractivity contribution in [2.24, 2.45) is 0 Å². The summed E-state index contributed by atoms with van der Waals surface area (Å²) in [4.78, 5) is 2.37. The molecule has 1 aliphatic heterocycles. The zero-order chi connectivity index (χ0) is 13.8. The number of fused-ring (bicyclic) bond motifs is 1. The van der Waals surface area contributed by atoms with Gasteiger partial charge >= 0.3 is 0 Å². The molecular formula is C15H19N3O2. The number of rotatable bonds is 6. The minimum absolute atomic E-state index is 0.325. The molecule has 0 radical (unpaired) electrons. The van der Waals surface area contributed by atoms with Gasteiger partial charge in [-0.05, 0) is 18.7 Å². The van der Waals surface area contributed by atoms with Gasteiger partial charge in [0.15, 0.2) is 11.5 Å². The van der Waals surface area contributed by atoms with E-state index in [0.29, 0.717) is 6.79 Å². The van der Waals surface area contributed by atoms with Crippen molar-refractivity contribution < 1.29 is 9.47 Å². The summed E-state index contributed by atoms with van der Waals surface area (Å²) < 4.78 is 12.9. The molecule has 5 heteroatoms. The van der Waals surface area contributed by atoms with Crippen LogP contribution in [0.25, 0.3) is 0 Å². The first-order chi connectivity index (χ1) is 9.86. The van der Waals surface area contributed by atoms with Crippen LogP contribution in [0.3, 0.4) is 0 Å². The van der Waals surface area contributed by atoms with Crippen molar-refractivity contribution in [3.8, 4) is 11.5 Å². The van der Waals surface area contributed by atoms with Crippen LogP contribution < -0.4 is 9.47 Å². The Kier molecular flexibility index (Phi) is 3.87. The molecule has 0 saturated carbocycles. The molecule has 1 aliphatic rings. The molecule has 0 spiro atoms. The number of hydrogen-bond donors (Lipinski definition) is 0. The predicted octanol–water partition coefficient (Wildman–Crippen LogP) is 2.13. The molecule has 0 aliphatic carbocycles. The van der Waals surface area contributed by atoms with Gasteiger partial charge in [0.25, 0.3) is 0 Å². The number of nitrogens with zero attached hydrogens (tertiary/aromatic N) is 3. The van der Waals surface area contributed by atoms with Crippen LogP contribution in [-0.2, 0) is 13.1 Å². The fourth-order valence-corrected chi connectivity index (χ4v) is 2.38. The molecule has 1 aromatic carbocycles. The lowest BCUT2D eigenvalue weighted by Gasteiger charge is -2.21. The van der Waals surface area contributed by atoms with Gasteiger partial charge in [-0.15, -0.1) is 0 Å². The smallest absolute Gasteiger partial charge is 0.231 e. The maximum Gasteiger partial charge on any atom is 0.231 e. The Labute approximate surface area is 118 Å². The van der Waals surface area contributed by atoms with Gasteiger partial charge in [-0.2, -0.15) is 5.10 Å². The lowest BCUT2D eigenvalue weighted by Crippen LogP contribution is -2.27. The van der Waals surface area contributed by atoms with E-state index in [0.717, 1.165) is 37.7 Å². The topological polar surface area (TPSA) is 39.5 Å². The quantitative estimate of drug-likeness (QED) is 0.808. The molecule has 0 saturated heterocycles. The summed E-state index contributed by atoms with van der Waals surface area (Å²) in [5, 5.41) is 4.23. The van der Waals surface area contributed by atoms with Crippen molar-refractivity contribution in [3.63, 3.8) is 0 Å². The molecule has 0 unspecified atom stereocenters. The SMILES string of the molecule is CCN(CCn1cccn1)Cc1cccc2c1OCO2. The first-order valence-electron chi connectivity index (χ1n) is 6.94. The van der Waals surface area contributed by atoms with Crippen molar-refractivity contribution in [1.82, 2.24) is 14.7 Å². The Balaban J connectivity index is 1.64. The van der Waals surface area contributed by atoms with Crippen LogP contribution in [0.2, 0.25) is 0 Å². The number of para-hydroxylation sites is 1. The van der Waals surface area contributed by atoms with Crippen LogP contribution in [0.4, 0.5) is 0 Å². The fourth-order valence-electron chi connectivity index (χ4n) is 2.38. The van der Waals surface area contributed by atoms with Crippen molar-refractivity contribution >= 4 is 0 Å². The summed E-state index contributed by atoms with van der Waals surface area (Å²) in [6.07, 6.45) is 3.80. The van der Waals surface area contributed by atoms with Crippen LogP contribution in [0.1, 0.15) is 12.5 Å². The molecular weight excluding hydrogens is 254 g/mol. The second kappa shape index (κ2) is 5.96. The summed E-state index contributed by atoms with van der Waals surface area (Å²) >= 11 is 0. The lowest BCUT2D eigenvalue weighted by molar-refractivity contribution is 0.171. The summed E-state index contributed by atoms with van der Waals surface area (Å²) in [6, 6.07) is 8.02.